The van der Waals surface area contributed by atoms with Crippen LogP contribution in [0.25, 0.3) is 0 Å². The zero-order chi connectivity index (χ0) is 24.4. The van der Waals surface area contributed by atoms with E-state index in [2.05, 4.69) is 48.2 Å². The second kappa shape index (κ2) is 9.74. The third-order valence-corrected chi connectivity index (χ3v) is 7.68. The second-order valence-electron chi connectivity index (χ2n) is 9.93. The van der Waals surface area contributed by atoms with Crippen LogP contribution >= 0.6 is 0 Å². The van der Waals surface area contributed by atoms with Gasteiger partial charge in [0, 0.05) is 24.2 Å². The van der Waals surface area contributed by atoms with Gasteiger partial charge in [-0.3, -0.25) is 9.69 Å². The van der Waals surface area contributed by atoms with Crippen LogP contribution in [-0.4, -0.2) is 44.7 Å². The highest BCUT2D eigenvalue weighted by atomic mass is 16.5. The van der Waals surface area contributed by atoms with E-state index in [1.54, 1.807) is 14.2 Å². The number of carbonyl (C=O) groups excluding carboxylic acids is 1. The monoisotopic (exact) mass is 470 g/mol. The third kappa shape index (κ3) is 4.78. The van der Waals surface area contributed by atoms with Crippen LogP contribution < -0.4 is 14.4 Å². The first-order chi connectivity index (χ1) is 17.0. The Morgan fingerprint density at radius 3 is 2.14 bits per heavy atom. The first-order valence-electron chi connectivity index (χ1n) is 12.4. The van der Waals surface area contributed by atoms with Gasteiger partial charge in [-0.2, -0.15) is 0 Å². The molecule has 35 heavy (non-hydrogen) atoms. The summed E-state index contributed by atoms with van der Waals surface area (Å²) in [5, 5.41) is 0. The van der Waals surface area contributed by atoms with Crippen LogP contribution in [0.4, 0.5) is 5.69 Å². The number of aryl methyl sites for hydroxylation is 1. The number of anilines is 1. The quantitative estimate of drug-likeness (QED) is 0.501. The SMILES string of the molecule is COc1ccc(CC(=O)N2CC3(CCN(Cc4ccc(C)cc4)CC3)c3cc(OC)ccc32)cc1. The molecule has 2 aliphatic heterocycles. The Bertz CT molecular complexity index is 1180. The Kier molecular flexibility index (Phi) is 6.52. The molecule has 1 saturated heterocycles. The van der Waals surface area contributed by atoms with E-state index in [-0.39, 0.29) is 11.3 Å². The van der Waals surface area contributed by atoms with Crippen LogP contribution in [0, 0.1) is 6.92 Å². The van der Waals surface area contributed by atoms with Gasteiger partial charge >= 0.3 is 0 Å². The number of benzene rings is 3. The molecule has 0 atom stereocenters. The summed E-state index contributed by atoms with van der Waals surface area (Å²) in [6, 6.07) is 22.8. The van der Waals surface area contributed by atoms with Gasteiger partial charge in [0.25, 0.3) is 0 Å². The summed E-state index contributed by atoms with van der Waals surface area (Å²) >= 11 is 0. The van der Waals surface area contributed by atoms with Gasteiger partial charge in [0.1, 0.15) is 11.5 Å². The summed E-state index contributed by atoms with van der Waals surface area (Å²) < 4.78 is 10.8. The normalized spacial score (nSPS) is 16.8. The summed E-state index contributed by atoms with van der Waals surface area (Å²) in [6.07, 6.45) is 2.45. The number of likely N-dealkylation sites (tertiary alicyclic amines) is 1. The Labute approximate surface area is 208 Å². The molecule has 0 N–H and O–H groups in total. The molecule has 0 aromatic heterocycles. The van der Waals surface area contributed by atoms with E-state index >= 15 is 0 Å². The first kappa shape index (κ1) is 23.4. The van der Waals surface area contributed by atoms with Crippen LogP contribution in [-0.2, 0) is 23.2 Å². The average molecular weight is 471 g/mol. The van der Waals surface area contributed by atoms with Crippen LogP contribution in [0.1, 0.15) is 35.1 Å². The minimum absolute atomic E-state index is 0.0246. The number of rotatable bonds is 6. The zero-order valence-corrected chi connectivity index (χ0v) is 20.9. The van der Waals surface area contributed by atoms with Crippen LogP contribution in [0.2, 0.25) is 0 Å². The van der Waals surface area contributed by atoms with Crippen molar-refractivity contribution in [1.29, 1.82) is 0 Å². The van der Waals surface area contributed by atoms with Crippen molar-refractivity contribution in [2.45, 2.75) is 38.1 Å². The molecule has 5 heteroatoms. The number of piperidine rings is 1. The minimum Gasteiger partial charge on any atom is -0.497 e. The average Bonchev–Trinajstić information content (AvgIpc) is 3.20. The van der Waals surface area contributed by atoms with Crippen LogP contribution in [0.15, 0.2) is 66.7 Å². The van der Waals surface area contributed by atoms with E-state index in [0.29, 0.717) is 6.42 Å². The molecule has 5 rings (SSSR count). The molecule has 1 amide bonds. The maximum atomic E-state index is 13.5. The summed E-state index contributed by atoms with van der Waals surface area (Å²) in [5.41, 5.74) is 5.92. The molecule has 2 aliphatic rings. The smallest absolute Gasteiger partial charge is 0.231 e. The Morgan fingerprint density at radius 2 is 1.49 bits per heavy atom. The molecule has 3 aromatic carbocycles. The molecule has 5 nitrogen and oxygen atoms in total. The summed E-state index contributed by atoms with van der Waals surface area (Å²) in [7, 11) is 3.36. The fraction of sp³-hybridized carbons (Fsp3) is 0.367. The van der Waals surface area contributed by atoms with Gasteiger partial charge in [-0.25, -0.2) is 0 Å². The highest BCUT2D eigenvalue weighted by Crippen LogP contribution is 2.48. The third-order valence-electron chi connectivity index (χ3n) is 7.68. The first-order valence-corrected chi connectivity index (χ1v) is 12.4. The van der Waals surface area contributed by atoms with E-state index in [1.165, 1.54) is 16.7 Å². The largest absolute Gasteiger partial charge is 0.497 e. The van der Waals surface area contributed by atoms with Crippen molar-refractivity contribution in [3.63, 3.8) is 0 Å². The van der Waals surface area contributed by atoms with E-state index in [0.717, 1.165) is 61.8 Å². The van der Waals surface area contributed by atoms with Gasteiger partial charge in [-0.05, 0) is 79.9 Å². The van der Waals surface area contributed by atoms with Crippen LogP contribution in [0.3, 0.4) is 0 Å². The molecular weight excluding hydrogens is 436 g/mol. The summed E-state index contributed by atoms with van der Waals surface area (Å²) in [6.45, 7) is 5.88. The molecule has 182 valence electrons. The van der Waals surface area contributed by atoms with Gasteiger partial charge in [0.2, 0.25) is 5.91 Å². The highest BCUT2D eigenvalue weighted by molar-refractivity contribution is 5.97. The number of amides is 1. The molecule has 3 aromatic rings. The van der Waals surface area contributed by atoms with Gasteiger partial charge in [-0.1, -0.05) is 42.0 Å². The van der Waals surface area contributed by atoms with E-state index in [4.69, 9.17) is 9.47 Å². The Hall–Kier alpha value is -3.31. The lowest BCUT2D eigenvalue weighted by molar-refractivity contribution is -0.118. The fourth-order valence-electron chi connectivity index (χ4n) is 5.53. The fourth-order valence-corrected chi connectivity index (χ4v) is 5.53. The van der Waals surface area contributed by atoms with Crippen molar-refractivity contribution in [3.05, 3.63) is 89.0 Å². The number of hydrogen-bond acceptors (Lipinski definition) is 4. The molecule has 0 radical (unpaired) electrons. The van der Waals surface area contributed by atoms with E-state index in [9.17, 15) is 4.79 Å². The standard InChI is InChI=1S/C30H34N2O3/c1-22-4-6-24(7-5-22)20-31-16-14-30(15-17-31)21-32(28-13-12-26(35-3)19-27(28)30)29(33)18-23-8-10-25(34-2)11-9-23/h4-13,19H,14-18,20-21H2,1-3H3. The van der Waals surface area contributed by atoms with Crippen molar-refractivity contribution < 1.29 is 14.3 Å². The second-order valence-corrected chi connectivity index (χ2v) is 9.93. The number of methoxy groups -OCH3 is 2. The predicted molar refractivity (Wildman–Crippen MR) is 139 cm³/mol. The van der Waals surface area contributed by atoms with Gasteiger partial charge < -0.3 is 14.4 Å². The number of ether oxygens (including phenoxy) is 2. The number of hydrogen-bond donors (Lipinski definition) is 0. The molecule has 0 aliphatic carbocycles. The van der Waals surface area contributed by atoms with E-state index < -0.39 is 0 Å². The van der Waals surface area contributed by atoms with Gasteiger partial charge in [0.05, 0.1) is 20.6 Å². The maximum Gasteiger partial charge on any atom is 0.231 e. The van der Waals surface area contributed by atoms with Gasteiger partial charge in [-0.15, -0.1) is 0 Å². The van der Waals surface area contributed by atoms with E-state index in [1.807, 2.05) is 35.2 Å². The molecule has 0 saturated carbocycles. The molecule has 1 fully saturated rings. The lowest BCUT2D eigenvalue weighted by Gasteiger charge is -2.40. The van der Waals surface area contributed by atoms with Crippen molar-refractivity contribution in [3.8, 4) is 11.5 Å². The topological polar surface area (TPSA) is 42.0 Å². The number of nitrogens with zero attached hydrogens (tertiary/aromatic N) is 2. The Balaban J connectivity index is 1.34. The summed E-state index contributed by atoms with van der Waals surface area (Å²) in [4.78, 5) is 18.0. The van der Waals surface area contributed by atoms with Crippen molar-refractivity contribution in [1.82, 2.24) is 4.90 Å². The molecular formula is C30H34N2O3. The molecule has 1 spiro atoms. The van der Waals surface area contributed by atoms with Crippen molar-refractivity contribution in [2.24, 2.45) is 0 Å². The van der Waals surface area contributed by atoms with Crippen molar-refractivity contribution >= 4 is 11.6 Å². The molecule has 0 bridgehead atoms. The lowest BCUT2D eigenvalue weighted by atomic mass is 9.74. The number of fused-ring (bicyclic) bond motifs is 2. The van der Waals surface area contributed by atoms with Crippen LogP contribution in [0.5, 0.6) is 11.5 Å². The number of carbonyl (C=O) groups is 1. The van der Waals surface area contributed by atoms with Gasteiger partial charge in [0.15, 0.2) is 0 Å². The Morgan fingerprint density at radius 1 is 0.857 bits per heavy atom. The maximum absolute atomic E-state index is 13.5. The lowest BCUT2D eigenvalue weighted by Crippen LogP contribution is -2.46. The zero-order valence-electron chi connectivity index (χ0n) is 20.9. The minimum atomic E-state index is -0.0246. The predicted octanol–water partition coefficient (Wildman–Crippen LogP) is 5.14. The highest BCUT2D eigenvalue weighted by Gasteiger charge is 2.46. The van der Waals surface area contributed by atoms with Crippen molar-refractivity contribution in [2.75, 3.05) is 38.8 Å². The molecule has 2 heterocycles. The summed E-state index contributed by atoms with van der Waals surface area (Å²) in [5.74, 6) is 1.80. The molecule has 0 unspecified atom stereocenters.